The lowest BCUT2D eigenvalue weighted by Gasteiger charge is -1.89. The van der Waals surface area contributed by atoms with Gasteiger partial charge in [-0.05, 0) is 0 Å². The van der Waals surface area contributed by atoms with Crippen molar-refractivity contribution in [1.29, 1.82) is 5.26 Å². The zero-order valence-corrected chi connectivity index (χ0v) is 5.70. The summed E-state index contributed by atoms with van der Waals surface area (Å²) in [6.45, 7) is 1.08. The summed E-state index contributed by atoms with van der Waals surface area (Å²) in [7, 11) is 0. The molecule has 0 aromatic rings. The van der Waals surface area contributed by atoms with Gasteiger partial charge in [0.1, 0.15) is 6.07 Å². The largest absolute Gasteiger partial charge is 0.364 e. The molecule has 0 aliphatic rings. The summed E-state index contributed by atoms with van der Waals surface area (Å²) < 4.78 is 0. The molecule has 0 fully saturated rings. The minimum atomic E-state index is -1.03. The smallest absolute Gasteiger partial charge is 0.332 e. The molecule has 2 N–H and O–H groups in total. The Kier molecular flexibility index (Phi) is 3.31. The Balaban J connectivity index is 4.28. The van der Waals surface area contributed by atoms with Crippen molar-refractivity contribution >= 4 is 17.6 Å². The Morgan fingerprint density at radius 2 is 2.18 bits per heavy atom. The first kappa shape index (κ1) is 9.10. The van der Waals surface area contributed by atoms with E-state index in [2.05, 4.69) is 15.7 Å². The van der Waals surface area contributed by atoms with E-state index in [0.29, 0.717) is 0 Å². The van der Waals surface area contributed by atoms with Crippen LogP contribution in [0.2, 0.25) is 0 Å². The maximum Gasteiger partial charge on any atom is 0.332 e. The monoisotopic (exact) mass is 155 g/mol. The van der Waals surface area contributed by atoms with Gasteiger partial charge in [0.15, 0.2) is 0 Å². The molecular weight excluding hydrogens is 150 g/mol. The van der Waals surface area contributed by atoms with Crippen molar-refractivity contribution in [1.82, 2.24) is 0 Å². The zero-order chi connectivity index (χ0) is 8.85. The number of carbonyl (C=O) groups excluding carboxylic acids is 2. The van der Waals surface area contributed by atoms with Gasteiger partial charge in [-0.1, -0.05) is 5.16 Å². The lowest BCUT2D eigenvalue weighted by Crippen LogP contribution is -2.22. The van der Waals surface area contributed by atoms with Crippen LogP contribution in [0.5, 0.6) is 0 Å². The maximum absolute atomic E-state index is 10.2. The molecule has 0 saturated carbocycles. The second-order valence-corrected chi connectivity index (χ2v) is 1.50. The first-order chi connectivity index (χ1) is 5.07. The van der Waals surface area contributed by atoms with Crippen molar-refractivity contribution in [2.75, 3.05) is 0 Å². The molecule has 0 aromatic heterocycles. The summed E-state index contributed by atoms with van der Waals surface area (Å²) in [5, 5.41) is 11.0. The number of carbonyl (C=O) groups is 2. The van der Waals surface area contributed by atoms with Crippen molar-refractivity contribution in [2.24, 2.45) is 10.9 Å². The summed E-state index contributed by atoms with van der Waals surface area (Å²) in [5.41, 5.74) is 4.01. The highest BCUT2D eigenvalue weighted by molar-refractivity contribution is 6.44. The van der Waals surface area contributed by atoms with Crippen LogP contribution in [-0.4, -0.2) is 17.6 Å². The zero-order valence-electron chi connectivity index (χ0n) is 5.70. The average Bonchev–Trinajstić information content (AvgIpc) is 1.87. The summed E-state index contributed by atoms with van der Waals surface area (Å²) >= 11 is 0. The Labute approximate surface area is 62.2 Å². The Morgan fingerprint density at radius 3 is 2.45 bits per heavy atom. The molecule has 1 amide bonds. The highest BCUT2D eigenvalue weighted by Crippen LogP contribution is 1.80. The fraction of sp³-hybridized carbons (Fsp3) is 0.200. The molecule has 0 radical (unpaired) electrons. The topological polar surface area (TPSA) is 106 Å². The van der Waals surface area contributed by atoms with Gasteiger partial charge in [0.25, 0.3) is 5.91 Å². The minimum Gasteiger partial charge on any atom is -0.364 e. The van der Waals surface area contributed by atoms with Crippen molar-refractivity contribution in [3.63, 3.8) is 0 Å². The third-order valence-corrected chi connectivity index (χ3v) is 0.605. The van der Waals surface area contributed by atoms with Crippen LogP contribution in [0.25, 0.3) is 0 Å². The Bertz CT molecular complexity index is 250. The van der Waals surface area contributed by atoms with E-state index in [-0.39, 0.29) is 0 Å². The number of nitrogens with zero attached hydrogens (tertiary/aromatic N) is 2. The second-order valence-electron chi connectivity index (χ2n) is 1.50. The molecule has 0 aliphatic carbocycles. The Hall–Kier alpha value is -1.90. The molecule has 0 spiro atoms. The van der Waals surface area contributed by atoms with Crippen molar-refractivity contribution in [2.45, 2.75) is 6.92 Å². The third kappa shape index (κ3) is 3.64. The number of rotatable bonds is 2. The Morgan fingerprint density at radius 1 is 1.64 bits per heavy atom. The van der Waals surface area contributed by atoms with Crippen molar-refractivity contribution in [3.8, 4) is 6.07 Å². The van der Waals surface area contributed by atoms with E-state index in [1.165, 1.54) is 6.07 Å². The third-order valence-electron chi connectivity index (χ3n) is 0.605. The van der Waals surface area contributed by atoms with Gasteiger partial charge >= 0.3 is 5.97 Å². The van der Waals surface area contributed by atoms with Gasteiger partial charge in [-0.3, -0.25) is 4.79 Å². The van der Waals surface area contributed by atoms with E-state index in [1.807, 2.05) is 0 Å². The normalized spacial score (nSPS) is 10.0. The summed E-state index contributed by atoms with van der Waals surface area (Å²) in [6.07, 6.45) is 0. The minimum absolute atomic E-state index is 0.639. The first-order valence-electron chi connectivity index (χ1n) is 2.53. The van der Waals surface area contributed by atoms with E-state index in [4.69, 9.17) is 5.26 Å². The number of nitriles is 1. The number of oxime groups is 1. The molecule has 0 aliphatic heterocycles. The molecule has 0 atom stereocenters. The number of amides is 1. The molecule has 11 heavy (non-hydrogen) atoms. The molecule has 0 heterocycles. The van der Waals surface area contributed by atoms with E-state index >= 15 is 0 Å². The van der Waals surface area contributed by atoms with E-state index in [0.717, 1.165) is 6.92 Å². The number of hydrogen-bond acceptors (Lipinski definition) is 5. The highest BCUT2D eigenvalue weighted by atomic mass is 16.7. The predicted molar refractivity (Wildman–Crippen MR) is 34.0 cm³/mol. The molecule has 0 aromatic carbocycles. The predicted octanol–water partition coefficient (Wildman–Crippen LogP) is -1.09. The van der Waals surface area contributed by atoms with Gasteiger partial charge in [-0.25, -0.2) is 4.79 Å². The summed E-state index contributed by atoms with van der Waals surface area (Å²) in [6, 6.07) is 1.36. The molecule has 0 bridgehead atoms. The van der Waals surface area contributed by atoms with Gasteiger partial charge in [0, 0.05) is 6.92 Å². The SMILES string of the molecule is CC(=O)O/N=C(\C#N)C(N)=O. The van der Waals surface area contributed by atoms with Crippen molar-refractivity contribution in [3.05, 3.63) is 0 Å². The second kappa shape index (κ2) is 4.00. The van der Waals surface area contributed by atoms with Crippen LogP contribution < -0.4 is 5.73 Å². The fourth-order valence-electron chi connectivity index (χ4n) is 0.230. The van der Waals surface area contributed by atoms with Gasteiger partial charge in [0.2, 0.25) is 5.71 Å². The molecule has 58 valence electrons. The summed E-state index contributed by atoms with van der Waals surface area (Å²) in [5.74, 6) is -1.76. The highest BCUT2D eigenvalue weighted by Gasteiger charge is 2.05. The molecule has 0 saturated heterocycles. The first-order valence-corrected chi connectivity index (χ1v) is 2.53. The van der Waals surface area contributed by atoms with Gasteiger partial charge in [-0.15, -0.1) is 0 Å². The van der Waals surface area contributed by atoms with Gasteiger partial charge in [-0.2, -0.15) is 5.26 Å². The molecule has 0 unspecified atom stereocenters. The molecule has 6 nitrogen and oxygen atoms in total. The van der Waals surface area contributed by atoms with Crippen LogP contribution in [-0.2, 0) is 14.4 Å². The van der Waals surface area contributed by atoms with E-state index < -0.39 is 17.6 Å². The van der Waals surface area contributed by atoms with Gasteiger partial charge in [0.05, 0.1) is 0 Å². The fourth-order valence-corrected chi connectivity index (χ4v) is 0.230. The lowest BCUT2D eigenvalue weighted by molar-refractivity contribution is -0.140. The van der Waals surface area contributed by atoms with E-state index in [1.54, 1.807) is 0 Å². The molecular formula is C5H5N3O3. The van der Waals surface area contributed by atoms with Crippen LogP contribution in [0.1, 0.15) is 6.92 Å². The van der Waals surface area contributed by atoms with Crippen LogP contribution in [0.15, 0.2) is 5.16 Å². The van der Waals surface area contributed by atoms with Gasteiger partial charge < -0.3 is 10.6 Å². The van der Waals surface area contributed by atoms with Crippen LogP contribution in [0.3, 0.4) is 0 Å². The lowest BCUT2D eigenvalue weighted by atomic mass is 10.4. The number of nitrogens with two attached hydrogens (primary N) is 1. The number of hydrogen-bond donors (Lipinski definition) is 1. The maximum atomic E-state index is 10.2. The number of primary amides is 1. The van der Waals surface area contributed by atoms with Crippen molar-refractivity contribution < 1.29 is 14.4 Å². The van der Waals surface area contributed by atoms with E-state index in [9.17, 15) is 9.59 Å². The van der Waals surface area contributed by atoms with Crippen LogP contribution in [0, 0.1) is 11.3 Å². The molecule has 6 heteroatoms. The van der Waals surface area contributed by atoms with Crippen LogP contribution >= 0.6 is 0 Å². The van der Waals surface area contributed by atoms with Crippen LogP contribution in [0.4, 0.5) is 0 Å². The summed E-state index contributed by atoms with van der Waals surface area (Å²) in [4.78, 5) is 24.3. The quantitative estimate of drug-likeness (QED) is 0.310. The molecule has 0 rings (SSSR count). The average molecular weight is 155 g/mol. The standard InChI is InChI=1S/C5H5N3O3/c1-3(9)11-8-4(2-6)5(7)10/h1H3,(H2,7,10)/b8-4+.